The molecule has 26 heavy (non-hydrogen) atoms. The van der Waals surface area contributed by atoms with Crippen LogP contribution in [0.3, 0.4) is 0 Å². The molecule has 0 saturated carbocycles. The fourth-order valence-corrected chi connectivity index (χ4v) is 4.39. The zero-order valence-electron chi connectivity index (χ0n) is 15.3. The van der Waals surface area contributed by atoms with Crippen LogP contribution in [0.25, 0.3) is 0 Å². The van der Waals surface area contributed by atoms with Gasteiger partial charge in [0.2, 0.25) is 0 Å². The first-order valence-corrected chi connectivity index (χ1v) is 10.1. The number of nitrogens with zero attached hydrogens (tertiary/aromatic N) is 1. The van der Waals surface area contributed by atoms with E-state index in [0.29, 0.717) is 0 Å². The fourth-order valence-electron chi connectivity index (χ4n) is 3.37. The van der Waals surface area contributed by atoms with Gasteiger partial charge in [0, 0.05) is 47.0 Å². The summed E-state index contributed by atoms with van der Waals surface area (Å²) in [5.74, 6) is 0.823. The number of guanidine groups is 1. The molecule has 0 aliphatic carbocycles. The number of hydrogen-bond acceptors (Lipinski definition) is 3. The zero-order valence-corrected chi connectivity index (χ0v) is 16.9. The minimum Gasteiger partial charge on any atom is -0.381 e. The Kier molecular flexibility index (Phi) is 6.57. The molecule has 1 saturated heterocycles. The van der Waals surface area contributed by atoms with E-state index >= 15 is 0 Å². The van der Waals surface area contributed by atoms with Crippen molar-refractivity contribution in [2.45, 2.75) is 31.7 Å². The molecule has 0 unspecified atom stereocenters. The second-order valence-corrected chi connectivity index (χ2v) is 8.50. The minimum absolute atomic E-state index is 0.0142. The molecule has 0 atom stereocenters. The van der Waals surface area contributed by atoms with Crippen LogP contribution in [0, 0.1) is 6.92 Å². The van der Waals surface area contributed by atoms with Gasteiger partial charge in [-0.15, -0.1) is 11.3 Å². The first-order chi connectivity index (χ1) is 12.6. The molecule has 1 aromatic carbocycles. The highest BCUT2D eigenvalue weighted by Crippen LogP contribution is 2.35. The van der Waals surface area contributed by atoms with E-state index in [1.165, 1.54) is 15.3 Å². The Morgan fingerprint density at radius 3 is 2.69 bits per heavy atom. The maximum absolute atomic E-state index is 6.25. The lowest BCUT2D eigenvalue weighted by molar-refractivity contribution is 0.0514. The van der Waals surface area contributed by atoms with E-state index in [-0.39, 0.29) is 5.41 Å². The molecular weight excluding hydrogens is 366 g/mol. The molecule has 0 amide bonds. The van der Waals surface area contributed by atoms with Gasteiger partial charge in [0.05, 0.1) is 6.54 Å². The van der Waals surface area contributed by atoms with Gasteiger partial charge in [-0.1, -0.05) is 23.7 Å². The van der Waals surface area contributed by atoms with Crippen LogP contribution in [0.4, 0.5) is 0 Å². The number of ether oxygens (including phenoxy) is 1. The fraction of sp³-hybridized carbons (Fsp3) is 0.450. The summed E-state index contributed by atoms with van der Waals surface area (Å²) in [7, 11) is 1.81. The first-order valence-electron chi connectivity index (χ1n) is 8.95. The van der Waals surface area contributed by atoms with Crippen molar-refractivity contribution >= 4 is 28.9 Å². The minimum atomic E-state index is 0.0142. The number of aryl methyl sites for hydroxylation is 1. The Morgan fingerprint density at radius 2 is 2.04 bits per heavy atom. The van der Waals surface area contributed by atoms with Crippen LogP contribution in [0.2, 0.25) is 5.02 Å². The molecule has 2 heterocycles. The summed E-state index contributed by atoms with van der Waals surface area (Å²) in [6, 6.07) is 12.5. The standard InChI is InChI=1S/C20H26ClN3OS/c1-15-6-7-18(26-15)13-23-19(22-2)24-14-20(8-10-25-11-9-20)16-4-3-5-17(21)12-16/h3-7,12H,8-11,13-14H2,1-2H3,(H2,22,23,24). The van der Waals surface area contributed by atoms with Crippen LogP contribution in [-0.4, -0.2) is 32.8 Å². The van der Waals surface area contributed by atoms with Crippen LogP contribution >= 0.6 is 22.9 Å². The van der Waals surface area contributed by atoms with E-state index in [1.807, 2.05) is 30.5 Å². The predicted molar refractivity (Wildman–Crippen MR) is 110 cm³/mol. The molecule has 6 heteroatoms. The lowest BCUT2D eigenvalue weighted by Gasteiger charge is -2.38. The molecule has 140 valence electrons. The smallest absolute Gasteiger partial charge is 0.191 e. The first kappa shape index (κ1) is 19.2. The van der Waals surface area contributed by atoms with Gasteiger partial charge >= 0.3 is 0 Å². The molecule has 1 aliphatic rings. The molecular formula is C20H26ClN3OS. The molecule has 0 spiro atoms. The Bertz CT molecular complexity index is 753. The van der Waals surface area contributed by atoms with E-state index in [2.05, 4.69) is 46.8 Å². The van der Waals surface area contributed by atoms with E-state index in [0.717, 1.165) is 50.1 Å². The van der Waals surface area contributed by atoms with Gasteiger partial charge < -0.3 is 15.4 Å². The van der Waals surface area contributed by atoms with Crippen molar-refractivity contribution in [3.05, 3.63) is 56.7 Å². The summed E-state index contributed by atoms with van der Waals surface area (Å²) in [4.78, 5) is 7.01. The molecule has 0 bridgehead atoms. The number of halogens is 1. The number of aliphatic imine (C=N–C) groups is 1. The highest BCUT2D eigenvalue weighted by atomic mass is 35.5. The molecule has 4 nitrogen and oxygen atoms in total. The summed E-state index contributed by atoms with van der Waals surface area (Å²) < 4.78 is 5.61. The summed E-state index contributed by atoms with van der Waals surface area (Å²) in [6.07, 6.45) is 1.95. The second kappa shape index (κ2) is 8.89. The van der Waals surface area contributed by atoms with Crippen LogP contribution in [0.15, 0.2) is 41.4 Å². The van der Waals surface area contributed by atoms with Gasteiger partial charge in [0.1, 0.15) is 0 Å². The normalized spacial score (nSPS) is 17.1. The van der Waals surface area contributed by atoms with Crippen LogP contribution < -0.4 is 10.6 Å². The number of rotatable bonds is 5. The Labute approximate surface area is 164 Å². The van der Waals surface area contributed by atoms with Crippen molar-refractivity contribution in [1.29, 1.82) is 0 Å². The third-order valence-electron chi connectivity index (χ3n) is 4.93. The van der Waals surface area contributed by atoms with Crippen molar-refractivity contribution in [1.82, 2.24) is 10.6 Å². The van der Waals surface area contributed by atoms with Crippen molar-refractivity contribution < 1.29 is 4.74 Å². The largest absolute Gasteiger partial charge is 0.381 e. The zero-order chi connectivity index (χ0) is 18.4. The summed E-state index contributed by atoms with van der Waals surface area (Å²) in [5.41, 5.74) is 1.28. The SMILES string of the molecule is CN=C(NCc1ccc(C)s1)NCC1(c2cccc(Cl)c2)CCOCC1. The van der Waals surface area contributed by atoms with Gasteiger partial charge in [-0.05, 0) is 49.6 Å². The molecule has 1 aromatic heterocycles. The number of nitrogens with one attached hydrogen (secondary N) is 2. The maximum atomic E-state index is 6.25. The lowest BCUT2D eigenvalue weighted by Crippen LogP contribution is -2.47. The topological polar surface area (TPSA) is 45.7 Å². The average molecular weight is 392 g/mol. The number of hydrogen-bond donors (Lipinski definition) is 2. The molecule has 1 fully saturated rings. The van der Waals surface area contributed by atoms with Crippen LogP contribution in [0.1, 0.15) is 28.2 Å². The molecule has 2 aromatic rings. The van der Waals surface area contributed by atoms with Gasteiger partial charge in [-0.25, -0.2) is 0 Å². The summed E-state index contributed by atoms with van der Waals surface area (Å²) >= 11 is 8.06. The van der Waals surface area contributed by atoms with Gasteiger partial charge in [-0.2, -0.15) is 0 Å². The van der Waals surface area contributed by atoms with E-state index in [4.69, 9.17) is 16.3 Å². The highest BCUT2D eigenvalue weighted by molar-refractivity contribution is 7.11. The number of thiophene rings is 1. The third kappa shape index (κ3) is 4.78. The Morgan fingerprint density at radius 1 is 1.23 bits per heavy atom. The Hall–Kier alpha value is -1.56. The van der Waals surface area contributed by atoms with Gasteiger partial charge in [0.15, 0.2) is 5.96 Å². The Balaban J connectivity index is 1.66. The monoisotopic (exact) mass is 391 g/mol. The van der Waals surface area contributed by atoms with Crippen molar-refractivity contribution in [2.75, 3.05) is 26.8 Å². The third-order valence-corrected chi connectivity index (χ3v) is 6.17. The van der Waals surface area contributed by atoms with Crippen molar-refractivity contribution in [2.24, 2.45) is 4.99 Å². The number of benzene rings is 1. The van der Waals surface area contributed by atoms with E-state index in [9.17, 15) is 0 Å². The highest BCUT2D eigenvalue weighted by Gasteiger charge is 2.34. The van der Waals surface area contributed by atoms with E-state index < -0.39 is 0 Å². The van der Waals surface area contributed by atoms with E-state index in [1.54, 1.807) is 0 Å². The van der Waals surface area contributed by atoms with Crippen molar-refractivity contribution in [3.8, 4) is 0 Å². The van der Waals surface area contributed by atoms with Crippen LogP contribution in [0.5, 0.6) is 0 Å². The molecule has 0 radical (unpaired) electrons. The maximum Gasteiger partial charge on any atom is 0.191 e. The molecule has 3 rings (SSSR count). The molecule has 2 N–H and O–H groups in total. The lowest BCUT2D eigenvalue weighted by atomic mass is 9.74. The average Bonchev–Trinajstić information content (AvgIpc) is 3.08. The second-order valence-electron chi connectivity index (χ2n) is 6.69. The predicted octanol–water partition coefficient (Wildman–Crippen LogP) is 4.12. The molecule has 1 aliphatic heterocycles. The summed E-state index contributed by atoms with van der Waals surface area (Å²) in [5, 5.41) is 7.71. The van der Waals surface area contributed by atoms with Gasteiger partial charge in [0.25, 0.3) is 0 Å². The van der Waals surface area contributed by atoms with Gasteiger partial charge in [-0.3, -0.25) is 4.99 Å². The van der Waals surface area contributed by atoms with Crippen LogP contribution in [-0.2, 0) is 16.7 Å². The quantitative estimate of drug-likeness (QED) is 0.595. The summed E-state index contributed by atoms with van der Waals surface area (Å²) in [6.45, 7) is 5.26. The van der Waals surface area contributed by atoms with Crippen molar-refractivity contribution in [3.63, 3.8) is 0 Å².